The van der Waals surface area contributed by atoms with E-state index in [4.69, 9.17) is 4.74 Å². The summed E-state index contributed by atoms with van der Waals surface area (Å²) < 4.78 is 8.11. The number of hydrogen-bond donors (Lipinski definition) is 0. The van der Waals surface area contributed by atoms with E-state index in [1.54, 1.807) is 4.68 Å². The number of aromatic nitrogens is 3. The molecule has 2 aliphatic heterocycles. The van der Waals surface area contributed by atoms with E-state index in [1.807, 2.05) is 36.2 Å². The number of ether oxygens (including phenoxy) is 1. The monoisotopic (exact) mass is 362 g/mol. The van der Waals surface area contributed by atoms with Crippen LogP contribution in [0.15, 0.2) is 42.5 Å². The number of fused-ring (bicyclic) bond motifs is 2. The van der Waals surface area contributed by atoms with Gasteiger partial charge in [-0.3, -0.25) is 4.79 Å². The first-order chi connectivity index (χ1) is 13.1. The Labute approximate surface area is 157 Å². The quantitative estimate of drug-likeness (QED) is 0.668. The van der Waals surface area contributed by atoms with Crippen molar-refractivity contribution < 1.29 is 9.53 Å². The smallest absolute Gasteiger partial charge is 0.253 e. The number of amides is 1. The number of hydrogen-bond acceptors (Lipinski definition) is 4. The first-order valence-corrected chi connectivity index (χ1v) is 9.49. The van der Waals surface area contributed by atoms with E-state index in [-0.39, 0.29) is 11.5 Å². The summed E-state index contributed by atoms with van der Waals surface area (Å²) in [4.78, 5) is 14.9. The van der Waals surface area contributed by atoms with Gasteiger partial charge in [-0.1, -0.05) is 23.4 Å². The molecule has 2 aliphatic rings. The second-order valence-corrected chi connectivity index (χ2v) is 7.60. The average Bonchev–Trinajstić information content (AvgIpc) is 3.08. The number of rotatable bonds is 1. The molecule has 0 aliphatic carbocycles. The van der Waals surface area contributed by atoms with Gasteiger partial charge in [-0.2, -0.15) is 0 Å². The maximum atomic E-state index is 12.9. The zero-order valence-corrected chi connectivity index (χ0v) is 15.4. The van der Waals surface area contributed by atoms with Gasteiger partial charge in [0.25, 0.3) is 5.91 Å². The van der Waals surface area contributed by atoms with Crippen LogP contribution in [0, 0.1) is 0 Å². The van der Waals surface area contributed by atoms with Crippen molar-refractivity contribution >= 4 is 16.9 Å². The highest BCUT2D eigenvalue weighted by Gasteiger charge is 2.40. The first-order valence-electron chi connectivity index (χ1n) is 9.49. The van der Waals surface area contributed by atoms with Crippen molar-refractivity contribution in [1.82, 2.24) is 19.9 Å². The highest BCUT2D eigenvalue weighted by molar-refractivity contribution is 5.97. The van der Waals surface area contributed by atoms with E-state index in [2.05, 4.69) is 28.5 Å². The Morgan fingerprint density at radius 3 is 2.78 bits per heavy atom. The minimum absolute atomic E-state index is 0.0635. The van der Waals surface area contributed by atoms with Crippen LogP contribution in [0.5, 0.6) is 5.75 Å². The van der Waals surface area contributed by atoms with Gasteiger partial charge in [-0.05, 0) is 42.7 Å². The molecule has 1 saturated heterocycles. The van der Waals surface area contributed by atoms with E-state index in [1.165, 1.54) is 5.56 Å². The molecule has 0 saturated carbocycles. The molecular formula is C21H22N4O2. The standard InChI is InChI=1S/C21H22N4O2/c1-24-18-7-6-16(14-17(18)22-23-24)20(26)25-12-10-21(11-13-25)9-8-15-4-2-3-5-19(15)27-21/h2-7,14H,8-13H2,1H3. The number of carbonyl (C=O) groups is 1. The molecule has 3 aromatic rings. The third-order valence-corrected chi connectivity index (χ3v) is 5.97. The summed E-state index contributed by atoms with van der Waals surface area (Å²) in [5.74, 6) is 1.07. The molecule has 6 heteroatoms. The van der Waals surface area contributed by atoms with Crippen molar-refractivity contribution in [2.45, 2.75) is 31.3 Å². The van der Waals surface area contributed by atoms with E-state index in [0.29, 0.717) is 5.56 Å². The minimum Gasteiger partial charge on any atom is -0.487 e. The van der Waals surface area contributed by atoms with Crippen LogP contribution in [0.2, 0.25) is 0 Å². The average molecular weight is 362 g/mol. The molecule has 1 fully saturated rings. The second-order valence-electron chi connectivity index (χ2n) is 7.60. The van der Waals surface area contributed by atoms with Gasteiger partial charge in [0.1, 0.15) is 16.9 Å². The maximum absolute atomic E-state index is 12.9. The van der Waals surface area contributed by atoms with Crippen molar-refractivity contribution in [1.29, 1.82) is 0 Å². The lowest BCUT2D eigenvalue weighted by Gasteiger charge is -2.44. The summed E-state index contributed by atoms with van der Waals surface area (Å²) >= 11 is 0. The number of aryl methyl sites for hydroxylation is 2. The van der Waals surface area contributed by atoms with E-state index in [9.17, 15) is 4.79 Å². The SMILES string of the molecule is Cn1nnc2cc(C(=O)N3CCC4(CCc5ccccc5O4)CC3)ccc21. The highest BCUT2D eigenvalue weighted by Crippen LogP contribution is 2.39. The van der Waals surface area contributed by atoms with Gasteiger partial charge in [0.05, 0.1) is 5.52 Å². The first kappa shape index (κ1) is 16.3. The van der Waals surface area contributed by atoms with Crippen LogP contribution in [-0.2, 0) is 13.5 Å². The topological polar surface area (TPSA) is 60.2 Å². The number of likely N-dealkylation sites (tertiary alicyclic amines) is 1. The molecule has 138 valence electrons. The highest BCUT2D eigenvalue weighted by atomic mass is 16.5. The van der Waals surface area contributed by atoms with Crippen molar-refractivity contribution in [2.75, 3.05) is 13.1 Å². The van der Waals surface area contributed by atoms with Crippen LogP contribution in [-0.4, -0.2) is 44.5 Å². The fourth-order valence-electron chi connectivity index (χ4n) is 4.28. The van der Waals surface area contributed by atoms with E-state index in [0.717, 1.165) is 55.6 Å². The Balaban J connectivity index is 1.30. The van der Waals surface area contributed by atoms with Gasteiger partial charge < -0.3 is 9.64 Å². The van der Waals surface area contributed by atoms with Gasteiger partial charge in [-0.15, -0.1) is 5.10 Å². The summed E-state index contributed by atoms with van der Waals surface area (Å²) in [6, 6.07) is 13.9. The summed E-state index contributed by atoms with van der Waals surface area (Å²) in [6.07, 6.45) is 3.83. The molecule has 5 rings (SSSR count). The van der Waals surface area contributed by atoms with Gasteiger partial charge in [0.15, 0.2) is 0 Å². The molecule has 3 heterocycles. The van der Waals surface area contributed by atoms with E-state index < -0.39 is 0 Å². The predicted octanol–water partition coefficient (Wildman–Crippen LogP) is 2.97. The van der Waals surface area contributed by atoms with Gasteiger partial charge in [0.2, 0.25) is 0 Å². The van der Waals surface area contributed by atoms with Crippen LogP contribution in [0.3, 0.4) is 0 Å². The number of nitrogens with zero attached hydrogens (tertiary/aromatic N) is 4. The zero-order chi connectivity index (χ0) is 18.4. The molecule has 27 heavy (non-hydrogen) atoms. The van der Waals surface area contributed by atoms with Crippen LogP contribution in [0.1, 0.15) is 35.2 Å². The number of carbonyl (C=O) groups excluding carboxylic acids is 1. The summed E-state index contributed by atoms with van der Waals surface area (Å²) in [5.41, 5.74) is 3.52. The molecule has 0 bridgehead atoms. The number of para-hydroxylation sites is 1. The number of benzene rings is 2. The largest absolute Gasteiger partial charge is 0.487 e. The van der Waals surface area contributed by atoms with Crippen molar-refractivity contribution in [2.24, 2.45) is 7.05 Å². The molecule has 0 unspecified atom stereocenters. The molecule has 1 aromatic heterocycles. The molecule has 1 spiro atoms. The molecule has 2 aromatic carbocycles. The summed E-state index contributed by atoms with van der Waals surface area (Å²) in [6.45, 7) is 1.44. The van der Waals surface area contributed by atoms with Crippen molar-refractivity contribution in [3.05, 3.63) is 53.6 Å². The number of piperidine rings is 1. The Kier molecular flexibility index (Phi) is 3.67. The normalized spacial score (nSPS) is 18.3. The molecule has 0 N–H and O–H groups in total. The fraction of sp³-hybridized carbons (Fsp3) is 0.381. The summed E-state index contributed by atoms with van der Waals surface area (Å²) in [7, 11) is 1.85. The molecule has 6 nitrogen and oxygen atoms in total. The maximum Gasteiger partial charge on any atom is 0.253 e. The second kappa shape index (κ2) is 6.08. The fourth-order valence-corrected chi connectivity index (χ4v) is 4.28. The minimum atomic E-state index is -0.125. The Hall–Kier alpha value is -2.89. The lowest BCUT2D eigenvalue weighted by molar-refractivity contribution is -0.0106. The third kappa shape index (κ3) is 2.76. The van der Waals surface area contributed by atoms with Crippen LogP contribution in [0.4, 0.5) is 0 Å². The Morgan fingerprint density at radius 2 is 1.93 bits per heavy atom. The molecule has 0 radical (unpaired) electrons. The van der Waals surface area contributed by atoms with Crippen LogP contribution >= 0.6 is 0 Å². The lowest BCUT2D eigenvalue weighted by atomic mass is 9.83. The van der Waals surface area contributed by atoms with Gasteiger partial charge in [-0.25, -0.2) is 4.68 Å². The summed E-state index contributed by atoms with van der Waals surface area (Å²) in [5, 5.41) is 8.13. The van der Waals surface area contributed by atoms with Gasteiger partial charge in [0, 0.05) is 38.5 Å². The zero-order valence-electron chi connectivity index (χ0n) is 15.4. The van der Waals surface area contributed by atoms with Crippen molar-refractivity contribution in [3.8, 4) is 5.75 Å². The van der Waals surface area contributed by atoms with Crippen LogP contribution < -0.4 is 4.74 Å². The van der Waals surface area contributed by atoms with E-state index >= 15 is 0 Å². The third-order valence-electron chi connectivity index (χ3n) is 5.97. The predicted molar refractivity (Wildman–Crippen MR) is 102 cm³/mol. The Bertz CT molecular complexity index is 1020. The Morgan fingerprint density at radius 1 is 1.11 bits per heavy atom. The lowest BCUT2D eigenvalue weighted by Crippen LogP contribution is -2.51. The molecule has 0 atom stereocenters. The molecule has 1 amide bonds. The van der Waals surface area contributed by atoms with Crippen molar-refractivity contribution in [3.63, 3.8) is 0 Å². The molecular weight excluding hydrogens is 340 g/mol. The van der Waals surface area contributed by atoms with Gasteiger partial charge >= 0.3 is 0 Å². The van der Waals surface area contributed by atoms with Crippen LogP contribution in [0.25, 0.3) is 11.0 Å².